The second kappa shape index (κ2) is 8.09. The number of anilines is 1. The van der Waals surface area contributed by atoms with Crippen molar-refractivity contribution in [1.82, 2.24) is 15.3 Å². The smallest absolute Gasteiger partial charge is 0.272 e. The lowest BCUT2D eigenvalue weighted by molar-refractivity contribution is 0.0949. The topological polar surface area (TPSA) is 66.9 Å². The van der Waals surface area contributed by atoms with Gasteiger partial charge in [-0.3, -0.25) is 4.79 Å². The Hall–Kier alpha value is -1.30. The predicted octanol–water partition coefficient (Wildman–Crippen LogP) is 2.51. The van der Waals surface area contributed by atoms with E-state index in [4.69, 9.17) is 0 Å². The maximum atomic E-state index is 12.3. The van der Waals surface area contributed by atoms with Crippen LogP contribution in [-0.4, -0.2) is 40.5 Å². The van der Waals surface area contributed by atoms with Crippen LogP contribution in [0.15, 0.2) is 6.20 Å². The number of nitrogens with zero attached hydrogens (tertiary/aromatic N) is 2. The maximum Gasteiger partial charge on any atom is 0.272 e. The van der Waals surface area contributed by atoms with Gasteiger partial charge >= 0.3 is 0 Å². The Morgan fingerprint density at radius 2 is 2.10 bits per heavy atom. The minimum absolute atomic E-state index is 0.147. The van der Waals surface area contributed by atoms with Crippen molar-refractivity contribution in [2.24, 2.45) is 0 Å². The zero-order valence-electron chi connectivity index (χ0n) is 12.9. The number of amides is 1. The molecule has 2 N–H and O–H groups in total. The van der Waals surface area contributed by atoms with Gasteiger partial charge in [0.25, 0.3) is 5.91 Å². The fraction of sp³-hybridized carbons (Fsp3) is 0.643. The quantitative estimate of drug-likeness (QED) is 0.809. The van der Waals surface area contributed by atoms with E-state index in [1.165, 1.54) is 0 Å². The predicted molar refractivity (Wildman–Crippen MR) is 85.6 cm³/mol. The Morgan fingerprint density at radius 1 is 1.40 bits per heavy atom. The van der Waals surface area contributed by atoms with Crippen molar-refractivity contribution in [3.63, 3.8) is 0 Å². The number of rotatable bonds is 7. The highest BCUT2D eigenvalue weighted by molar-refractivity contribution is 7.99. The summed E-state index contributed by atoms with van der Waals surface area (Å²) >= 11 is 1.72. The fourth-order valence-electron chi connectivity index (χ4n) is 1.57. The number of hydrogen-bond donors (Lipinski definition) is 2. The van der Waals surface area contributed by atoms with Crippen LogP contribution in [-0.2, 0) is 0 Å². The van der Waals surface area contributed by atoms with Crippen molar-refractivity contribution < 1.29 is 4.79 Å². The minimum atomic E-state index is -0.147. The van der Waals surface area contributed by atoms with E-state index in [9.17, 15) is 4.79 Å². The molecule has 0 aromatic carbocycles. The van der Waals surface area contributed by atoms with Gasteiger partial charge in [-0.2, -0.15) is 11.8 Å². The van der Waals surface area contributed by atoms with Gasteiger partial charge in [-0.25, -0.2) is 9.97 Å². The summed E-state index contributed by atoms with van der Waals surface area (Å²) in [6, 6.07) is 0. The second-order valence-electron chi connectivity index (χ2n) is 4.93. The van der Waals surface area contributed by atoms with E-state index in [-0.39, 0.29) is 11.8 Å². The molecule has 20 heavy (non-hydrogen) atoms. The molecular formula is C14H24N4OS. The van der Waals surface area contributed by atoms with Crippen molar-refractivity contribution in [3.05, 3.63) is 17.7 Å². The monoisotopic (exact) mass is 296 g/mol. The molecule has 0 fully saturated rings. The molecule has 1 aromatic heterocycles. The summed E-state index contributed by atoms with van der Waals surface area (Å²) in [5.41, 5.74) is 1.12. The van der Waals surface area contributed by atoms with Crippen LogP contribution < -0.4 is 10.6 Å². The van der Waals surface area contributed by atoms with E-state index in [2.05, 4.69) is 27.5 Å². The highest BCUT2D eigenvalue weighted by atomic mass is 32.2. The molecule has 0 saturated carbocycles. The lowest BCUT2D eigenvalue weighted by Gasteiger charge is -2.14. The van der Waals surface area contributed by atoms with Gasteiger partial charge in [0, 0.05) is 24.3 Å². The van der Waals surface area contributed by atoms with Gasteiger partial charge in [0.2, 0.25) is 0 Å². The first-order chi connectivity index (χ1) is 9.49. The molecule has 1 heterocycles. The third kappa shape index (κ3) is 4.67. The summed E-state index contributed by atoms with van der Waals surface area (Å²) in [7, 11) is 0. The SMILES string of the molecule is CCNc1cnc(C(C)C)nc1C(=O)NCC(C)SC. The van der Waals surface area contributed by atoms with Gasteiger partial charge in [0.1, 0.15) is 5.82 Å². The van der Waals surface area contributed by atoms with E-state index in [0.29, 0.717) is 29.0 Å². The summed E-state index contributed by atoms with van der Waals surface area (Å²) < 4.78 is 0. The highest BCUT2D eigenvalue weighted by Gasteiger charge is 2.16. The number of nitrogens with one attached hydrogen (secondary N) is 2. The first-order valence-electron chi connectivity index (χ1n) is 6.91. The molecule has 0 aliphatic rings. The highest BCUT2D eigenvalue weighted by Crippen LogP contribution is 2.16. The Labute approximate surface area is 125 Å². The van der Waals surface area contributed by atoms with Gasteiger partial charge in [-0.05, 0) is 13.2 Å². The summed E-state index contributed by atoms with van der Waals surface area (Å²) in [5.74, 6) is 0.739. The van der Waals surface area contributed by atoms with Crippen molar-refractivity contribution in [2.45, 2.75) is 38.9 Å². The van der Waals surface area contributed by atoms with E-state index < -0.39 is 0 Å². The summed E-state index contributed by atoms with van der Waals surface area (Å²) in [4.78, 5) is 21.0. The third-order valence-electron chi connectivity index (χ3n) is 2.86. The molecule has 0 spiro atoms. The van der Waals surface area contributed by atoms with Crippen LogP contribution in [0.2, 0.25) is 0 Å². The van der Waals surface area contributed by atoms with Gasteiger partial charge in [0.05, 0.1) is 11.9 Å². The third-order valence-corrected chi connectivity index (χ3v) is 3.83. The number of carbonyl (C=O) groups excluding carboxylic acids is 1. The van der Waals surface area contributed by atoms with Crippen LogP contribution in [0, 0.1) is 0 Å². The van der Waals surface area contributed by atoms with Gasteiger partial charge in [-0.1, -0.05) is 20.8 Å². The molecular weight excluding hydrogens is 272 g/mol. The largest absolute Gasteiger partial charge is 0.382 e. The van der Waals surface area contributed by atoms with Crippen LogP contribution in [0.4, 0.5) is 5.69 Å². The first-order valence-corrected chi connectivity index (χ1v) is 8.20. The van der Waals surface area contributed by atoms with E-state index in [0.717, 1.165) is 6.54 Å². The van der Waals surface area contributed by atoms with Gasteiger partial charge in [-0.15, -0.1) is 0 Å². The first kappa shape index (κ1) is 16.8. The van der Waals surface area contributed by atoms with Gasteiger partial charge < -0.3 is 10.6 Å². The Balaban J connectivity index is 2.93. The fourth-order valence-corrected chi connectivity index (χ4v) is 1.82. The molecule has 0 saturated heterocycles. The van der Waals surface area contributed by atoms with Crippen molar-refractivity contribution >= 4 is 23.4 Å². The zero-order valence-corrected chi connectivity index (χ0v) is 13.7. The number of thioether (sulfide) groups is 1. The van der Waals surface area contributed by atoms with Crippen LogP contribution in [0.3, 0.4) is 0 Å². The lowest BCUT2D eigenvalue weighted by atomic mass is 10.2. The second-order valence-corrected chi connectivity index (χ2v) is 6.21. The molecule has 1 rings (SSSR count). The van der Waals surface area contributed by atoms with Crippen LogP contribution in [0.25, 0.3) is 0 Å². The molecule has 112 valence electrons. The zero-order chi connectivity index (χ0) is 15.1. The van der Waals surface area contributed by atoms with Crippen LogP contribution >= 0.6 is 11.8 Å². The van der Waals surface area contributed by atoms with Crippen molar-refractivity contribution in [3.8, 4) is 0 Å². The molecule has 0 bridgehead atoms. The molecule has 0 radical (unpaired) electrons. The van der Waals surface area contributed by atoms with Gasteiger partial charge in [0.15, 0.2) is 5.69 Å². The van der Waals surface area contributed by atoms with Crippen LogP contribution in [0.1, 0.15) is 49.9 Å². The summed E-state index contributed by atoms with van der Waals surface area (Å²) in [5, 5.41) is 6.44. The lowest BCUT2D eigenvalue weighted by Crippen LogP contribution is -2.31. The van der Waals surface area contributed by atoms with E-state index >= 15 is 0 Å². The molecule has 0 aliphatic heterocycles. The molecule has 6 heteroatoms. The normalized spacial score (nSPS) is 12.3. The molecule has 1 amide bonds. The molecule has 5 nitrogen and oxygen atoms in total. The number of aromatic nitrogens is 2. The molecule has 1 unspecified atom stereocenters. The summed E-state index contributed by atoms with van der Waals surface area (Å²) in [6.07, 6.45) is 3.72. The van der Waals surface area contributed by atoms with Crippen molar-refractivity contribution in [1.29, 1.82) is 0 Å². The van der Waals surface area contributed by atoms with E-state index in [1.54, 1.807) is 18.0 Å². The average Bonchev–Trinajstić information content (AvgIpc) is 2.44. The molecule has 0 aliphatic carbocycles. The number of carbonyl (C=O) groups is 1. The molecule has 1 aromatic rings. The van der Waals surface area contributed by atoms with Crippen molar-refractivity contribution in [2.75, 3.05) is 24.7 Å². The maximum absolute atomic E-state index is 12.3. The van der Waals surface area contributed by atoms with Crippen LogP contribution in [0.5, 0.6) is 0 Å². The molecule has 1 atom stereocenters. The Bertz CT molecular complexity index is 451. The summed E-state index contributed by atoms with van der Waals surface area (Å²) in [6.45, 7) is 9.45. The minimum Gasteiger partial charge on any atom is -0.382 e. The Kier molecular flexibility index (Phi) is 6.78. The van der Waals surface area contributed by atoms with E-state index in [1.807, 2.05) is 27.0 Å². The standard InChI is InChI=1S/C14H24N4OS/c1-6-15-11-8-16-13(9(2)3)18-12(11)14(19)17-7-10(4)20-5/h8-10,15H,6-7H2,1-5H3,(H,17,19). The number of hydrogen-bond acceptors (Lipinski definition) is 5. The Morgan fingerprint density at radius 3 is 2.65 bits per heavy atom. The average molecular weight is 296 g/mol.